The van der Waals surface area contributed by atoms with Gasteiger partial charge in [-0.05, 0) is 41.8 Å². The molecular formula is C20H20ClFN2O2S2. The summed E-state index contributed by atoms with van der Waals surface area (Å²) in [4.78, 5) is 6.75. The monoisotopic (exact) mass is 438 g/mol. The van der Waals surface area contributed by atoms with Crippen LogP contribution >= 0.6 is 23.4 Å². The smallest absolute Gasteiger partial charge is 0.164 e. The van der Waals surface area contributed by atoms with Crippen LogP contribution in [0.3, 0.4) is 0 Å². The molecule has 2 aromatic carbocycles. The molecule has 4 nitrogen and oxygen atoms in total. The van der Waals surface area contributed by atoms with E-state index in [2.05, 4.69) is 19.1 Å². The van der Waals surface area contributed by atoms with Gasteiger partial charge in [0.05, 0.1) is 24.1 Å². The molecule has 0 aliphatic carbocycles. The third kappa shape index (κ3) is 4.07. The van der Waals surface area contributed by atoms with Crippen molar-refractivity contribution in [1.82, 2.24) is 0 Å². The molecule has 2 aliphatic heterocycles. The number of aliphatic imine (C=N–C) groups is 1. The molecule has 8 heteroatoms. The Bertz CT molecular complexity index is 1030. The molecule has 0 saturated carbocycles. The summed E-state index contributed by atoms with van der Waals surface area (Å²) in [5.74, 6) is -0.108. The van der Waals surface area contributed by atoms with E-state index in [9.17, 15) is 12.8 Å². The van der Waals surface area contributed by atoms with Gasteiger partial charge in [0.15, 0.2) is 15.0 Å². The van der Waals surface area contributed by atoms with E-state index in [1.165, 1.54) is 29.5 Å². The van der Waals surface area contributed by atoms with E-state index < -0.39 is 9.84 Å². The van der Waals surface area contributed by atoms with E-state index in [1.807, 2.05) is 17.0 Å². The molecule has 4 rings (SSSR count). The standard InChI is InChI=1S/C20H20ClFN2O2S2/c1-2-13-3-7-16(8-4-13)24(10-14-5-6-15(22)9-17(14)21)20-23-18-11-28(25,26)12-19(18)27-20/h3-9,18-19H,2,10-12H2,1H3/t18-,19+/m0/s1. The molecule has 0 bridgehead atoms. The van der Waals surface area contributed by atoms with Gasteiger partial charge >= 0.3 is 0 Å². The van der Waals surface area contributed by atoms with Gasteiger partial charge in [-0.15, -0.1) is 0 Å². The first-order valence-electron chi connectivity index (χ1n) is 9.10. The fourth-order valence-corrected chi connectivity index (χ4v) is 7.48. The third-order valence-electron chi connectivity index (χ3n) is 5.04. The number of anilines is 1. The highest BCUT2D eigenvalue weighted by Gasteiger charge is 2.44. The van der Waals surface area contributed by atoms with Gasteiger partial charge in [0, 0.05) is 16.0 Å². The maximum atomic E-state index is 13.4. The van der Waals surface area contributed by atoms with Crippen LogP contribution in [0.15, 0.2) is 47.5 Å². The Hall–Kier alpha value is -1.57. The molecule has 2 heterocycles. The third-order valence-corrected chi connectivity index (χ3v) is 8.64. The number of hydrogen-bond donors (Lipinski definition) is 0. The second-order valence-corrected chi connectivity index (χ2v) is 10.8. The molecule has 0 aromatic heterocycles. The normalized spacial score (nSPS) is 22.8. The molecular weight excluding hydrogens is 419 g/mol. The van der Waals surface area contributed by atoms with Crippen molar-refractivity contribution in [3.63, 3.8) is 0 Å². The Labute approximate surface area is 173 Å². The molecule has 0 unspecified atom stereocenters. The van der Waals surface area contributed by atoms with E-state index in [4.69, 9.17) is 16.6 Å². The number of hydrogen-bond acceptors (Lipinski definition) is 5. The van der Waals surface area contributed by atoms with E-state index in [-0.39, 0.29) is 28.6 Å². The number of amidine groups is 1. The highest BCUT2D eigenvalue weighted by atomic mass is 35.5. The summed E-state index contributed by atoms with van der Waals surface area (Å²) in [5, 5.41) is 1.11. The van der Waals surface area contributed by atoms with Crippen molar-refractivity contribution in [2.75, 3.05) is 16.4 Å². The number of halogens is 2. The van der Waals surface area contributed by atoms with Crippen molar-refractivity contribution < 1.29 is 12.8 Å². The molecule has 2 aromatic rings. The van der Waals surface area contributed by atoms with Crippen LogP contribution in [-0.2, 0) is 22.8 Å². The topological polar surface area (TPSA) is 49.7 Å². The Morgan fingerprint density at radius 2 is 1.96 bits per heavy atom. The first kappa shape index (κ1) is 19.7. The number of thioether (sulfide) groups is 1. The van der Waals surface area contributed by atoms with E-state index in [0.717, 1.165) is 22.8 Å². The predicted octanol–water partition coefficient (Wildman–Crippen LogP) is 4.32. The average Bonchev–Trinajstić information content (AvgIpc) is 3.14. The van der Waals surface area contributed by atoms with E-state index in [1.54, 1.807) is 6.07 Å². The van der Waals surface area contributed by atoms with Gasteiger partial charge < -0.3 is 4.90 Å². The summed E-state index contributed by atoms with van der Waals surface area (Å²) in [6, 6.07) is 12.4. The predicted molar refractivity (Wildman–Crippen MR) is 115 cm³/mol. The molecule has 2 atom stereocenters. The average molecular weight is 439 g/mol. The van der Waals surface area contributed by atoms with Gasteiger partial charge in [-0.25, -0.2) is 12.8 Å². The zero-order valence-electron chi connectivity index (χ0n) is 15.3. The second-order valence-electron chi connectivity index (χ2n) is 7.05. The summed E-state index contributed by atoms with van der Waals surface area (Å²) in [6.07, 6.45) is 0.946. The van der Waals surface area contributed by atoms with Gasteiger partial charge in [0.1, 0.15) is 5.82 Å². The van der Waals surface area contributed by atoms with Crippen molar-refractivity contribution in [1.29, 1.82) is 0 Å². The van der Waals surface area contributed by atoms with Gasteiger partial charge in [-0.3, -0.25) is 4.99 Å². The fourth-order valence-electron chi connectivity index (χ4n) is 3.47. The SMILES string of the molecule is CCc1ccc(N(Cc2ccc(F)cc2Cl)C2=N[C@H]3CS(=O)(=O)C[C@H]3S2)cc1. The zero-order valence-corrected chi connectivity index (χ0v) is 17.7. The Kier molecular flexibility index (Phi) is 5.42. The molecule has 2 aliphatic rings. The number of sulfone groups is 1. The van der Waals surface area contributed by atoms with Crippen molar-refractivity contribution in [3.8, 4) is 0 Å². The Morgan fingerprint density at radius 1 is 1.21 bits per heavy atom. The van der Waals surface area contributed by atoms with Crippen LogP contribution in [0, 0.1) is 5.82 Å². The van der Waals surface area contributed by atoms with E-state index >= 15 is 0 Å². The van der Waals surface area contributed by atoms with Crippen molar-refractivity contribution in [2.24, 2.45) is 4.99 Å². The largest absolute Gasteiger partial charge is 0.317 e. The molecule has 1 fully saturated rings. The van der Waals surface area contributed by atoms with Crippen LogP contribution in [-0.4, -0.2) is 36.4 Å². The van der Waals surface area contributed by atoms with Crippen molar-refractivity contribution in [3.05, 3.63) is 64.4 Å². The molecule has 28 heavy (non-hydrogen) atoms. The number of aryl methyl sites for hydroxylation is 1. The summed E-state index contributed by atoms with van der Waals surface area (Å²) < 4.78 is 37.2. The number of nitrogens with zero attached hydrogens (tertiary/aromatic N) is 2. The summed E-state index contributed by atoms with van der Waals surface area (Å²) >= 11 is 7.76. The lowest BCUT2D eigenvalue weighted by atomic mass is 10.1. The van der Waals surface area contributed by atoms with Crippen LogP contribution < -0.4 is 4.90 Å². The minimum Gasteiger partial charge on any atom is -0.317 e. The van der Waals surface area contributed by atoms with Gasteiger partial charge in [-0.1, -0.05) is 48.5 Å². The maximum Gasteiger partial charge on any atom is 0.164 e. The summed E-state index contributed by atoms with van der Waals surface area (Å²) in [5.41, 5.74) is 2.97. The van der Waals surface area contributed by atoms with Crippen molar-refractivity contribution in [2.45, 2.75) is 31.2 Å². The number of rotatable bonds is 4. The molecule has 1 saturated heterocycles. The molecule has 0 radical (unpaired) electrons. The molecule has 0 amide bonds. The minimum atomic E-state index is -3.01. The Morgan fingerprint density at radius 3 is 2.61 bits per heavy atom. The van der Waals surface area contributed by atoms with Gasteiger partial charge in [-0.2, -0.15) is 0 Å². The van der Waals surface area contributed by atoms with Crippen LogP contribution in [0.4, 0.5) is 10.1 Å². The van der Waals surface area contributed by atoms with Crippen molar-refractivity contribution >= 4 is 44.1 Å². The number of benzene rings is 2. The van der Waals surface area contributed by atoms with Crippen LogP contribution in [0.5, 0.6) is 0 Å². The first-order chi connectivity index (χ1) is 13.3. The van der Waals surface area contributed by atoms with Gasteiger partial charge in [0.2, 0.25) is 0 Å². The number of fused-ring (bicyclic) bond motifs is 1. The molecule has 0 N–H and O–H groups in total. The van der Waals surface area contributed by atoms with Gasteiger partial charge in [0.25, 0.3) is 0 Å². The molecule has 148 valence electrons. The lowest BCUT2D eigenvalue weighted by Gasteiger charge is -2.25. The second kappa shape index (κ2) is 7.69. The lowest BCUT2D eigenvalue weighted by molar-refractivity contribution is 0.601. The van der Waals surface area contributed by atoms with Crippen LogP contribution in [0.25, 0.3) is 0 Å². The lowest BCUT2D eigenvalue weighted by Crippen LogP contribution is -2.28. The highest BCUT2D eigenvalue weighted by Crippen LogP contribution is 2.37. The first-order valence-corrected chi connectivity index (χ1v) is 12.2. The Balaban J connectivity index is 1.67. The quantitative estimate of drug-likeness (QED) is 0.713. The van der Waals surface area contributed by atoms with Crippen LogP contribution in [0.1, 0.15) is 18.1 Å². The fraction of sp³-hybridized carbons (Fsp3) is 0.350. The summed E-state index contributed by atoms with van der Waals surface area (Å²) in [7, 11) is -3.01. The van der Waals surface area contributed by atoms with E-state index in [0.29, 0.717) is 11.6 Å². The highest BCUT2D eigenvalue weighted by molar-refractivity contribution is 8.15. The summed E-state index contributed by atoms with van der Waals surface area (Å²) in [6.45, 7) is 2.53. The minimum absolute atomic E-state index is 0.0406. The molecule has 0 spiro atoms. The zero-order chi connectivity index (χ0) is 19.9. The van der Waals surface area contributed by atoms with Crippen LogP contribution in [0.2, 0.25) is 5.02 Å². The maximum absolute atomic E-state index is 13.4.